The number of anilines is 1. The fourth-order valence-electron chi connectivity index (χ4n) is 6.25. The van der Waals surface area contributed by atoms with Crippen LogP contribution in [0.1, 0.15) is 58.6 Å². The third kappa shape index (κ3) is 4.76. The molecule has 6 nitrogen and oxygen atoms in total. The Morgan fingerprint density at radius 3 is 2.56 bits per heavy atom. The van der Waals surface area contributed by atoms with Gasteiger partial charge in [-0.25, -0.2) is 4.79 Å². The van der Waals surface area contributed by atoms with Gasteiger partial charge in [-0.1, -0.05) is 58.4 Å². The summed E-state index contributed by atoms with van der Waals surface area (Å²) in [4.78, 5) is 24.1. The number of nitrogens with one attached hydrogen (secondary N) is 1. The Morgan fingerprint density at radius 1 is 1.11 bits per heavy atom. The monoisotopic (exact) mass is 548 g/mol. The molecule has 5 rings (SSSR count). The standard InChI is InChI=1S/C29H29BrN2O4/c1-2-36-29(33)20-10-15-26-24(16-20)27(19-8-11-21(30)12-9-19)23-14-13-22(28(23)31-26)25(17-32(34)35)18-6-4-3-5-7-18/h3-12,15-16,22-23,25,27-28,31H,2,13-14,17H2,1H3/t22-,23+,25-,27+,28-/m1/s1. The van der Waals surface area contributed by atoms with E-state index in [1.807, 2.05) is 54.6 Å². The molecule has 3 aromatic carbocycles. The smallest absolute Gasteiger partial charge is 0.338 e. The second kappa shape index (κ2) is 10.4. The van der Waals surface area contributed by atoms with Gasteiger partial charge in [0.15, 0.2) is 0 Å². The molecule has 3 aromatic rings. The van der Waals surface area contributed by atoms with Crippen molar-refractivity contribution in [1.29, 1.82) is 0 Å². The first-order valence-corrected chi connectivity index (χ1v) is 13.3. The predicted molar refractivity (Wildman–Crippen MR) is 143 cm³/mol. The Kier molecular flexibility index (Phi) is 7.10. The van der Waals surface area contributed by atoms with Gasteiger partial charge in [-0.2, -0.15) is 0 Å². The number of halogens is 1. The lowest BCUT2D eigenvalue weighted by Gasteiger charge is -2.41. The molecule has 0 amide bonds. The number of carbonyl (C=O) groups excluding carboxylic acids is 1. The van der Waals surface area contributed by atoms with E-state index in [4.69, 9.17) is 4.74 Å². The first kappa shape index (κ1) is 24.5. The number of carbonyl (C=O) groups is 1. The third-order valence-electron chi connectivity index (χ3n) is 7.72. The van der Waals surface area contributed by atoms with Crippen LogP contribution in [0.25, 0.3) is 0 Å². The van der Waals surface area contributed by atoms with E-state index in [0.717, 1.165) is 34.1 Å². The summed E-state index contributed by atoms with van der Waals surface area (Å²) in [6, 6.07) is 24.1. The van der Waals surface area contributed by atoms with Crippen LogP contribution in [-0.2, 0) is 4.74 Å². The van der Waals surface area contributed by atoms with Crippen molar-refractivity contribution >= 4 is 27.6 Å². The second-order valence-corrected chi connectivity index (χ2v) is 10.6. The molecule has 1 aliphatic carbocycles. The topological polar surface area (TPSA) is 81.5 Å². The van der Waals surface area contributed by atoms with E-state index in [1.165, 1.54) is 5.56 Å². The fraction of sp³-hybridized carbons (Fsp3) is 0.345. The van der Waals surface area contributed by atoms with Crippen LogP contribution in [0.4, 0.5) is 5.69 Å². The summed E-state index contributed by atoms with van der Waals surface area (Å²) >= 11 is 3.55. The zero-order valence-corrected chi connectivity index (χ0v) is 21.7. The van der Waals surface area contributed by atoms with Crippen LogP contribution in [0.5, 0.6) is 0 Å². The average molecular weight is 549 g/mol. The highest BCUT2D eigenvalue weighted by atomic mass is 79.9. The van der Waals surface area contributed by atoms with Gasteiger partial charge < -0.3 is 10.1 Å². The van der Waals surface area contributed by atoms with Gasteiger partial charge in [0.25, 0.3) is 0 Å². The largest absolute Gasteiger partial charge is 0.462 e. The quantitative estimate of drug-likeness (QED) is 0.203. The number of hydrogen-bond donors (Lipinski definition) is 1. The molecule has 1 heterocycles. The number of fused-ring (bicyclic) bond motifs is 2. The number of nitro groups is 1. The van der Waals surface area contributed by atoms with E-state index >= 15 is 0 Å². The molecule has 2 aliphatic rings. The summed E-state index contributed by atoms with van der Waals surface area (Å²) in [5.74, 6) is -0.0468. The summed E-state index contributed by atoms with van der Waals surface area (Å²) < 4.78 is 6.28. The molecule has 1 aliphatic heterocycles. The molecular weight excluding hydrogens is 520 g/mol. The number of esters is 1. The maximum absolute atomic E-state index is 12.5. The van der Waals surface area contributed by atoms with E-state index in [9.17, 15) is 14.9 Å². The molecule has 0 saturated heterocycles. The lowest BCUT2D eigenvalue weighted by Crippen LogP contribution is -2.41. The van der Waals surface area contributed by atoms with Gasteiger partial charge in [-0.3, -0.25) is 10.1 Å². The van der Waals surface area contributed by atoms with Gasteiger partial charge in [0.05, 0.1) is 18.1 Å². The molecular formula is C29H29BrN2O4. The number of ether oxygens (including phenoxy) is 1. The molecule has 0 bridgehead atoms. The number of hydrogen-bond acceptors (Lipinski definition) is 5. The third-order valence-corrected chi connectivity index (χ3v) is 8.25. The minimum atomic E-state index is -0.323. The van der Waals surface area contributed by atoms with E-state index < -0.39 is 0 Å². The molecule has 0 radical (unpaired) electrons. The minimum Gasteiger partial charge on any atom is -0.462 e. The Bertz CT molecular complexity index is 1250. The summed E-state index contributed by atoms with van der Waals surface area (Å²) in [5, 5.41) is 15.5. The van der Waals surface area contributed by atoms with Gasteiger partial charge in [-0.15, -0.1) is 0 Å². The Morgan fingerprint density at radius 2 is 1.86 bits per heavy atom. The summed E-state index contributed by atoms with van der Waals surface area (Å²) in [7, 11) is 0. The van der Waals surface area contributed by atoms with Crippen LogP contribution in [0.2, 0.25) is 0 Å². The van der Waals surface area contributed by atoms with Crippen molar-refractivity contribution in [2.24, 2.45) is 11.8 Å². The zero-order chi connectivity index (χ0) is 25.2. The summed E-state index contributed by atoms with van der Waals surface area (Å²) in [5.41, 5.74) is 4.81. The van der Waals surface area contributed by atoms with Crippen molar-refractivity contribution in [2.45, 2.75) is 37.6 Å². The maximum Gasteiger partial charge on any atom is 0.338 e. The first-order chi connectivity index (χ1) is 17.5. The van der Waals surface area contributed by atoms with Crippen LogP contribution < -0.4 is 5.32 Å². The molecule has 5 atom stereocenters. The molecule has 36 heavy (non-hydrogen) atoms. The molecule has 0 aromatic heterocycles. The number of rotatable bonds is 7. The van der Waals surface area contributed by atoms with Crippen molar-refractivity contribution < 1.29 is 14.5 Å². The number of benzene rings is 3. The van der Waals surface area contributed by atoms with Gasteiger partial charge in [0.2, 0.25) is 6.54 Å². The van der Waals surface area contributed by atoms with Crippen molar-refractivity contribution in [1.82, 2.24) is 0 Å². The van der Waals surface area contributed by atoms with E-state index in [0.29, 0.717) is 12.2 Å². The molecule has 0 unspecified atom stereocenters. The van der Waals surface area contributed by atoms with Gasteiger partial charge in [0.1, 0.15) is 0 Å². The predicted octanol–water partition coefficient (Wildman–Crippen LogP) is 6.64. The highest BCUT2D eigenvalue weighted by Crippen LogP contribution is 2.53. The molecule has 1 saturated carbocycles. The average Bonchev–Trinajstić information content (AvgIpc) is 3.30. The lowest BCUT2D eigenvalue weighted by molar-refractivity contribution is -0.485. The van der Waals surface area contributed by atoms with Crippen molar-refractivity contribution in [3.05, 3.63) is 110 Å². The van der Waals surface area contributed by atoms with Crippen LogP contribution >= 0.6 is 15.9 Å². The van der Waals surface area contributed by atoms with Crippen molar-refractivity contribution in [3.63, 3.8) is 0 Å². The number of nitrogens with zero attached hydrogens (tertiary/aromatic N) is 1. The fourth-order valence-corrected chi connectivity index (χ4v) is 6.51. The second-order valence-electron chi connectivity index (χ2n) is 9.66. The minimum absolute atomic E-state index is 0.0748. The molecule has 1 N–H and O–H groups in total. The van der Waals surface area contributed by atoms with Gasteiger partial charge in [-0.05, 0) is 78.6 Å². The van der Waals surface area contributed by atoms with E-state index in [1.54, 1.807) is 13.0 Å². The molecule has 7 heteroatoms. The highest BCUT2D eigenvalue weighted by molar-refractivity contribution is 9.10. The Balaban J connectivity index is 1.57. The molecule has 1 fully saturated rings. The lowest BCUT2D eigenvalue weighted by atomic mass is 9.71. The maximum atomic E-state index is 12.5. The van der Waals surface area contributed by atoms with Crippen LogP contribution in [-0.4, -0.2) is 30.1 Å². The highest BCUT2D eigenvalue weighted by Gasteiger charge is 2.49. The SMILES string of the molecule is CCOC(=O)c1ccc2c(c1)[C@@H](c1ccc(Br)cc1)[C@@H]1CC[C@H]([C@H](C[N+](=O)[O-])c3ccccc3)[C@H]1N2. The molecule has 0 spiro atoms. The first-order valence-electron chi connectivity index (χ1n) is 12.5. The Labute approximate surface area is 219 Å². The molecule has 186 valence electrons. The van der Waals surface area contributed by atoms with Crippen LogP contribution in [0.3, 0.4) is 0 Å². The van der Waals surface area contributed by atoms with Crippen molar-refractivity contribution in [3.8, 4) is 0 Å². The zero-order valence-electron chi connectivity index (χ0n) is 20.1. The van der Waals surface area contributed by atoms with Gasteiger partial charge in [0, 0.05) is 27.0 Å². The van der Waals surface area contributed by atoms with Gasteiger partial charge >= 0.3 is 5.97 Å². The van der Waals surface area contributed by atoms with E-state index in [-0.39, 0.29) is 47.2 Å². The van der Waals surface area contributed by atoms with Crippen LogP contribution in [0.15, 0.2) is 77.3 Å². The van der Waals surface area contributed by atoms with Crippen LogP contribution in [0, 0.1) is 22.0 Å². The summed E-state index contributed by atoms with van der Waals surface area (Å²) in [6.45, 7) is 2.05. The van der Waals surface area contributed by atoms with Crippen molar-refractivity contribution in [2.75, 3.05) is 18.5 Å². The Hall–Kier alpha value is -3.19. The van der Waals surface area contributed by atoms with E-state index in [2.05, 4.69) is 33.4 Å². The summed E-state index contributed by atoms with van der Waals surface area (Å²) in [6.07, 6.45) is 1.86. The normalized spacial score (nSPS) is 23.2.